The summed E-state index contributed by atoms with van der Waals surface area (Å²) in [5.41, 5.74) is 1.40. The molecular formula is C12H26ClNO4. The van der Waals surface area contributed by atoms with E-state index in [-0.39, 0.29) is 12.0 Å². The Morgan fingerprint density at radius 3 is 2.39 bits per heavy atom. The van der Waals surface area contributed by atoms with Gasteiger partial charge in [-0.25, -0.2) is 0 Å². The van der Waals surface area contributed by atoms with Crippen LogP contribution in [0.15, 0.2) is 0 Å². The zero-order valence-electron chi connectivity index (χ0n) is 11.5. The van der Waals surface area contributed by atoms with E-state index in [0.717, 1.165) is 25.7 Å². The van der Waals surface area contributed by atoms with Gasteiger partial charge in [-0.2, -0.15) is 0 Å². The standard InChI is InChI=1S/C10H19ClO2.C2H7NO2/c1-2-8(7-11)10(13)5-3-4-9(12)6-10;1-4-3-5-2/h8-9,12-13H,2-7H2,1H3;3H,1-2H3. The lowest BCUT2D eigenvalue weighted by molar-refractivity contribution is -0.130. The van der Waals surface area contributed by atoms with Crippen molar-refractivity contribution >= 4 is 11.6 Å². The Labute approximate surface area is 114 Å². The van der Waals surface area contributed by atoms with Gasteiger partial charge in [-0.1, -0.05) is 12.6 Å². The zero-order valence-corrected chi connectivity index (χ0v) is 12.2. The lowest BCUT2D eigenvalue weighted by Crippen LogP contribution is -2.44. The minimum absolute atomic E-state index is 0.129. The monoisotopic (exact) mass is 283 g/mol. The summed E-state index contributed by atoms with van der Waals surface area (Å²) in [6.07, 6.45) is 3.56. The normalized spacial score (nSPS) is 29.3. The molecule has 0 aromatic heterocycles. The van der Waals surface area contributed by atoms with Crippen LogP contribution in [0.5, 0.6) is 0 Å². The van der Waals surface area contributed by atoms with Crippen LogP contribution in [0.2, 0.25) is 0 Å². The molecule has 6 heteroatoms. The van der Waals surface area contributed by atoms with E-state index in [4.69, 9.17) is 11.6 Å². The predicted octanol–water partition coefficient (Wildman–Crippen LogP) is 1.62. The van der Waals surface area contributed by atoms with Gasteiger partial charge in [-0.05, 0) is 25.7 Å². The minimum atomic E-state index is -0.714. The predicted molar refractivity (Wildman–Crippen MR) is 71.1 cm³/mol. The molecule has 1 rings (SSSR count). The highest BCUT2D eigenvalue weighted by molar-refractivity contribution is 6.18. The lowest BCUT2D eigenvalue weighted by Gasteiger charge is -2.40. The summed E-state index contributed by atoms with van der Waals surface area (Å²) < 4.78 is 0. The molecule has 0 radical (unpaired) electrons. The van der Waals surface area contributed by atoms with Crippen molar-refractivity contribution in [3.63, 3.8) is 0 Å². The Balaban J connectivity index is 0.000000494. The first-order valence-corrected chi connectivity index (χ1v) is 6.84. The Bertz CT molecular complexity index is 203. The quantitative estimate of drug-likeness (QED) is 0.528. The maximum Gasteiger partial charge on any atom is 0.0711 e. The van der Waals surface area contributed by atoms with E-state index in [0.29, 0.717) is 12.3 Å². The smallest absolute Gasteiger partial charge is 0.0711 e. The van der Waals surface area contributed by atoms with Crippen molar-refractivity contribution in [1.29, 1.82) is 0 Å². The number of aliphatic hydroxyl groups is 2. The average molecular weight is 284 g/mol. The second-order valence-corrected chi connectivity index (χ2v) is 4.91. The van der Waals surface area contributed by atoms with Crippen molar-refractivity contribution in [3.8, 4) is 0 Å². The van der Waals surface area contributed by atoms with Crippen molar-refractivity contribution in [3.05, 3.63) is 0 Å². The van der Waals surface area contributed by atoms with Crippen LogP contribution in [0.1, 0.15) is 39.0 Å². The first-order valence-electron chi connectivity index (χ1n) is 6.31. The highest BCUT2D eigenvalue weighted by Crippen LogP contribution is 2.36. The topological polar surface area (TPSA) is 71.0 Å². The summed E-state index contributed by atoms with van der Waals surface area (Å²) >= 11 is 5.80. The van der Waals surface area contributed by atoms with E-state index in [1.165, 1.54) is 14.2 Å². The van der Waals surface area contributed by atoms with Gasteiger partial charge in [0.15, 0.2) is 0 Å². The second-order valence-electron chi connectivity index (χ2n) is 4.60. The Hall–Kier alpha value is 0.0900. The fourth-order valence-electron chi connectivity index (χ4n) is 2.34. The van der Waals surface area contributed by atoms with E-state index in [1.807, 2.05) is 6.92 Å². The van der Waals surface area contributed by atoms with Gasteiger partial charge in [0.05, 0.1) is 25.9 Å². The van der Waals surface area contributed by atoms with Crippen LogP contribution >= 0.6 is 11.6 Å². The number of hydrogen-bond donors (Lipinski definition) is 3. The van der Waals surface area contributed by atoms with E-state index in [2.05, 4.69) is 15.3 Å². The van der Waals surface area contributed by atoms with Crippen molar-refractivity contribution in [2.75, 3.05) is 20.1 Å². The summed E-state index contributed by atoms with van der Waals surface area (Å²) in [6, 6.07) is 0. The molecule has 3 atom stereocenters. The molecule has 0 saturated heterocycles. The molecule has 110 valence electrons. The lowest BCUT2D eigenvalue weighted by atomic mass is 9.74. The summed E-state index contributed by atoms with van der Waals surface area (Å²) in [4.78, 5) is 8.44. The molecule has 0 spiro atoms. The van der Waals surface area contributed by atoms with Gasteiger partial charge in [0.1, 0.15) is 0 Å². The highest BCUT2D eigenvalue weighted by atomic mass is 35.5. The summed E-state index contributed by atoms with van der Waals surface area (Å²) in [7, 11) is 2.95. The zero-order chi connectivity index (χ0) is 14.0. The number of aliphatic hydroxyl groups excluding tert-OH is 1. The van der Waals surface area contributed by atoms with Gasteiger partial charge in [-0.3, -0.25) is 9.68 Å². The van der Waals surface area contributed by atoms with Gasteiger partial charge in [0, 0.05) is 18.2 Å². The van der Waals surface area contributed by atoms with Crippen LogP contribution in [0.25, 0.3) is 0 Å². The van der Waals surface area contributed by atoms with Crippen LogP contribution in [0.3, 0.4) is 0 Å². The molecule has 1 saturated carbocycles. The van der Waals surface area contributed by atoms with E-state index in [1.54, 1.807) is 0 Å². The molecule has 0 aromatic carbocycles. The third-order valence-corrected chi connectivity index (χ3v) is 3.71. The molecule has 18 heavy (non-hydrogen) atoms. The highest BCUT2D eigenvalue weighted by Gasteiger charge is 2.39. The van der Waals surface area contributed by atoms with Crippen molar-refractivity contribution < 1.29 is 19.9 Å². The third-order valence-electron chi connectivity index (χ3n) is 3.34. The van der Waals surface area contributed by atoms with Crippen molar-refractivity contribution in [2.45, 2.75) is 50.7 Å². The molecule has 1 aliphatic carbocycles. The Kier molecular flexibility index (Phi) is 10.00. The maximum absolute atomic E-state index is 10.3. The number of nitrogens with one attached hydrogen (secondary N) is 1. The number of halogens is 1. The average Bonchev–Trinajstić information content (AvgIpc) is 2.31. The first kappa shape index (κ1) is 18.1. The van der Waals surface area contributed by atoms with Gasteiger partial charge in [0.2, 0.25) is 0 Å². The number of rotatable bonds is 5. The van der Waals surface area contributed by atoms with E-state index in [9.17, 15) is 10.2 Å². The Morgan fingerprint density at radius 1 is 1.44 bits per heavy atom. The van der Waals surface area contributed by atoms with Crippen LogP contribution in [0.4, 0.5) is 0 Å². The van der Waals surface area contributed by atoms with Crippen LogP contribution < -0.4 is 5.64 Å². The van der Waals surface area contributed by atoms with Gasteiger partial charge in [0.25, 0.3) is 0 Å². The van der Waals surface area contributed by atoms with Crippen LogP contribution in [0, 0.1) is 5.92 Å². The molecule has 0 amide bonds. The largest absolute Gasteiger partial charge is 0.393 e. The molecule has 0 aromatic rings. The second kappa shape index (κ2) is 9.95. The van der Waals surface area contributed by atoms with E-state index >= 15 is 0 Å². The van der Waals surface area contributed by atoms with E-state index < -0.39 is 5.60 Å². The third kappa shape index (κ3) is 6.31. The molecule has 0 heterocycles. The molecule has 0 aliphatic heterocycles. The summed E-state index contributed by atoms with van der Waals surface area (Å²) in [6.45, 7) is 2.03. The van der Waals surface area contributed by atoms with Crippen LogP contribution in [-0.4, -0.2) is 42.0 Å². The summed E-state index contributed by atoms with van der Waals surface area (Å²) in [5, 5.41) is 19.7. The number of hydrogen-bond acceptors (Lipinski definition) is 5. The fourth-order valence-corrected chi connectivity index (χ4v) is 2.85. The molecule has 3 unspecified atom stereocenters. The Morgan fingerprint density at radius 2 is 2.06 bits per heavy atom. The fraction of sp³-hybridized carbons (Fsp3) is 1.00. The summed E-state index contributed by atoms with van der Waals surface area (Å²) in [5.74, 6) is 0.615. The molecule has 3 N–H and O–H groups in total. The maximum atomic E-state index is 10.3. The molecular weight excluding hydrogens is 258 g/mol. The van der Waals surface area contributed by atoms with Crippen molar-refractivity contribution in [2.24, 2.45) is 5.92 Å². The van der Waals surface area contributed by atoms with Crippen molar-refractivity contribution in [1.82, 2.24) is 5.64 Å². The van der Waals surface area contributed by atoms with Gasteiger partial charge in [-0.15, -0.1) is 11.6 Å². The molecule has 1 aliphatic rings. The number of alkyl halides is 1. The van der Waals surface area contributed by atoms with Gasteiger partial charge < -0.3 is 10.2 Å². The molecule has 0 bridgehead atoms. The molecule has 1 fully saturated rings. The molecule has 5 nitrogen and oxygen atoms in total. The van der Waals surface area contributed by atoms with Gasteiger partial charge >= 0.3 is 0 Å². The first-order chi connectivity index (χ1) is 8.53. The minimum Gasteiger partial charge on any atom is -0.393 e. The SMILES string of the molecule is CCC(CCl)C1(O)CCCC(O)C1.CONOC. The van der Waals surface area contributed by atoms with Crippen LogP contribution in [-0.2, 0) is 9.68 Å².